The molecular formula is C14H19FO3. The highest BCUT2D eigenvalue weighted by molar-refractivity contribution is 5.68. The second kappa shape index (κ2) is 5.96. The molecule has 3 nitrogen and oxygen atoms in total. The van der Waals surface area contributed by atoms with Gasteiger partial charge in [-0.1, -0.05) is 26.0 Å². The lowest BCUT2D eigenvalue weighted by atomic mass is 9.82. The molecule has 1 aromatic carbocycles. The molecule has 1 aromatic rings. The normalized spacial score (nSPS) is 14.5. The van der Waals surface area contributed by atoms with Gasteiger partial charge in [0.25, 0.3) is 0 Å². The van der Waals surface area contributed by atoms with E-state index < -0.39 is 11.6 Å². The second-order valence-electron chi connectivity index (χ2n) is 4.96. The van der Waals surface area contributed by atoms with Gasteiger partial charge in [0.1, 0.15) is 5.82 Å². The standard InChI is InChI=1S/C14H19FO3/c1-10(2)14(18,9-13(16)17)7-6-11-4-3-5-12(15)8-11/h3-5,8,10,18H,6-7,9H2,1-2H3,(H,16,17)/t14-/m1/s1. The van der Waals surface area contributed by atoms with Crippen molar-refractivity contribution in [2.75, 3.05) is 0 Å². The predicted molar refractivity (Wildman–Crippen MR) is 66.8 cm³/mol. The van der Waals surface area contributed by atoms with Crippen molar-refractivity contribution in [3.63, 3.8) is 0 Å². The van der Waals surface area contributed by atoms with Gasteiger partial charge >= 0.3 is 5.97 Å². The van der Waals surface area contributed by atoms with Gasteiger partial charge < -0.3 is 10.2 Å². The summed E-state index contributed by atoms with van der Waals surface area (Å²) < 4.78 is 13.0. The number of aliphatic hydroxyl groups is 1. The van der Waals surface area contributed by atoms with E-state index in [4.69, 9.17) is 5.11 Å². The molecule has 2 N–H and O–H groups in total. The van der Waals surface area contributed by atoms with Gasteiger partial charge in [-0.05, 0) is 36.5 Å². The van der Waals surface area contributed by atoms with E-state index in [1.807, 2.05) is 0 Å². The van der Waals surface area contributed by atoms with Gasteiger partial charge in [-0.3, -0.25) is 4.79 Å². The largest absolute Gasteiger partial charge is 0.481 e. The summed E-state index contributed by atoms with van der Waals surface area (Å²) in [6.07, 6.45) is 0.472. The van der Waals surface area contributed by atoms with Crippen LogP contribution in [0.4, 0.5) is 4.39 Å². The lowest BCUT2D eigenvalue weighted by molar-refractivity contribution is -0.145. The van der Waals surface area contributed by atoms with E-state index in [2.05, 4.69) is 0 Å². The van der Waals surface area contributed by atoms with Crippen molar-refractivity contribution in [2.45, 2.75) is 38.7 Å². The Labute approximate surface area is 106 Å². The smallest absolute Gasteiger partial charge is 0.306 e. The van der Waals surface area contributed by atoms with Gasteiger partial charge in [0.05, 0.1) is 12.0 Å². The maximum Gasteiger partial charge on any atom is 0.306 e. The van der Waals surface area contributed by atoms with Crippen LogP contribution in [-0.4, -0.2) is 21.8 Å². The molecule has 0 fully saturated rings. The van der Waals surface area contributed by atoms with Crippen LogP contribution in [0.15, 0.2) is 24.3 Å². The van der Waals surface area contributed by atoms with E-state index >= 15 is 0 Å². The molecule has 0 aromatic heterocycles. The maximum atomic E-state index is 13.0. The number of halogens is 1. The first kappa shape index (κ1) is 14.6. The van der Waals surface area contributed by atoms with E-state index in [-0.39, 0.29) is 18.2 Å². The molecule has 0 aliphatic rings. The summed E-state index contributed by atoms with van der Waals surface area (Å²) in [7, 11) is 0. The molecule has 1 rings (SSSR count). The number of carboxylic acid groups (broad SMARTS) is 1. The fourth-order valence-electron chi connectivity index (χ4n) is 1.90. The molecule has 0 aliphatic carbocycles. The minimum Gasteiger partial charge on any atom is -0.481 e. The van der Waals surface area contributed by atoms with Crippen molar-refractivity contribution in [1.29, 1.82) is 0 Å². The zero-order valence-corrected chi connectivity index (χ0v) is 10.7. The molecule has 0 aliphatic heterocycles. The summed E-state index contributed by atoms with van der Waals surface area (Å²) in [4.78, 5) is 10.8. The summed E-state index contributed by atoms with van der Waals surface area (Å²) in [5, 5.41) is 19.1. The van der Waals surface area contributed by atoms with Gasteiger partial charge in [0.2, 0.25) is 0 Å². The third-order valence-corrected chi connectivity index (χ3v) is 3.27. The van der Waals surface area contributed by atoms with E-state index in [9.17, 15) is 14.3 Å². The van der Waals surface area contributed by atoms with Gasteiger partial charge in [0.15, 0.2) is 0 Å². The number of rotatable bonds is 6. The number of hydrogen-bond acceptors (Lipinski definition) is 2. The van der Waals surface area contributed by atoms with E-state index in [1.54, 1.807) is 26.0 Å². The molecule has 4 heteroatoms. The highest BCUT2D eigenvalue weighted by Gasteiger charge is 2.33. The number of carboxylic acids is 1. The Morgan fingerprint density at radius 3 is 2.61 bits per heavy atom. The molecule has 1 atom stereocenters. The highest BCUT2D eigenvalue weighted by atomic mass is 19.1. The molecule has 0 bridgehead atoms. The van der Waals surface area contributed by atoms with Crippen LogP contribution in [-0.2, 0) is 11.2 Å². The fourth-order valence-corrected chi connectivity index (χ4v) is 1.90. The summed E-state index contributed by atoms with van der Waals surface area (Å²) >= 11 is 0. The van der Waals surface area contributed by atoms with E-state index in [1.165, 1.54) is 12.1 Å². The molecule has 0 heterocycles. The number of hydrogen-bond donors (Lipinski definition) is 2. The van der Waals surface area contributed by atoms with Crippen LogP contribution in [0.3, 0.4) is 0 Å². The Morgan fingerprint density at radius 1 is 1.44 bits per heavy atom. The van der Waals surface area contributed by atoms with Crippen molar-refractivity contribution in [3.05, 3.63) is 35.6 Å². The predicted octanol–water partition coefficient (Wildman–Crippen LogP) is 2.62. The second-order valence-corrected chi connectivity index (χ2v) is 4.96. The first-order valence-electron chi connectivity index (χ1n) is 6.02. The van der Waals surface area contributed by atoms with Crippen LogP contribution < -0.4 is 0 Å². The molecule has 0 radical (unpaired) electrons. The lowest BCUT2D eigenvalue weighted by Crippen LogP contribution is -2.38. The molecule has 0 spiro atoms. The van der Waals surface area contributed by atoms with Crippen LogP contribution in [0.25, 0.3) is 0 Å². The SMILES string of the molecule is CC(C)[C@@](O)(CCc1cccc(F)c1)CC(=O)O. The summed E-state index contributed by atoms with van der Waals surface area (Å²) in [6.45, 7) is 3.57. The molecule has 0 saturated carbocycles. The average Bonchev–Trinajstić information content (AvgIpc) is 2.25. The Morgan fingerprint density at radius 2 is 2.11 bits per heavy atom. The van der Waals surface area contributed by atoms with Crippen LogP contribution in [0.1, 0.15) is 32.3 Å². The third kappa shape index (κ3) is 4.11. The zero-order valence-electron chi connectivity index (χ0n) is 10.7. The van der Waals surface area contributed by atoms with Gasteiger partial charge in [-0.25, -0.2) is 4.39 Å². The summed E-state index contributed by atoms with van der Waals surface area (Å²) in [6, 6.07) is 6.14. The number of aryl methyl sites for hydroxylation is 1. The Hall–Kier alpha value is -1.42. The monoisotopic (exact) mass is 254 g/mol. The number of benzene rings is 1. The lowest BCUT2D eigenvalue weighted by Gasteiger charge is -2.30. The minimum atomic E-state index is -1.25. The topological polar surface area (TPSA) is 57.5 Å². The van der Waals surface area contributed by atoms with E-state index in [0.717, 1.165) is 5.56 Å². The number of carbonyl (C=O) groups is 1. The quantitative estimate of drug-likeness (QED) is 0.820. The maximum absolute atomic E-state index is 13.0. The third-order valence-electron chi connectivity index (χ3n) is 3.27. The Balaban J connectivity index is 2.71. The van der Waals surface area contributed by atoms with Crippen LogP contribution in [0, 0.1) is 11.7 Å². The minimum absolute atomic E-state index is 0.165. The van der Waals surface area contributed by atoms with Gasteiger partial charge in [0, 0.05) is 0 Å². The molecule has 0 unspecified atom stereocenters. The molecule has 100 valence electrons. The van der Waals surface area contributed by atoms with E-state index in [0.29, 0.717) is 12.8 Å². The molecule has 18 heavy (non-hydrogen) atoms. The first-order chi connectivity index (χ1) is 8.33. The Bertz CT molecular complexity index is 417. The number of aliphatic carboxylic acids is 1. The van der Waals surface area contributed by atoms with Gasteiger partial charge in [-0.15, -0.1) is 0 Å². The zero-order chi connectivity index (χ0) is 13.8. The summed E-state index contributed by atoms with van der Waals surface area (Å²) in [5.41, 5.74) is -0.488. The first-order valence-corrected chi connectivity index (χ1v) is 6.02. The van der Waals surface area contributed by atoms with Crippen LogP contribution in [0.5, 0.6) is 0 Å². The van der Waals surface area contributed by atoms with Crippen molar-refractivity contribution < 1.29 is 19.4 Å². The summed E-state index contributed by atoms with van der Waals surface area (Å²) in [5.74, 6) is -1.51. The van der Waals surface area contributed by atoms with Crippen molar-refractivity contribution in [1.82, 2.24) is 0 Å². The molecular weight excluding hydrogens is 235 g/mol. The van der Waals surface area contributed by atoms with Crippen molar-refractivity contribution in [2.24, 2.45) is 5.92 Å². The highest BCUT2D eigenvalue weighted by Crippen LogP contribution is 2.27. The average molecular weight is 254 g/mol. The van der Waals surface area contributed by atoms with Crippen LogP contribution >= 0.6 is 0 Å². The van der Waals surface area contributed by atoms with Crippen molar-refractivity contribution >= 4 is 5.97 Å². The van der Waals surface area contributed by atoms with Gasteiger partial charge in [-0.2, -0.15) is 0 Å². The van der Waals surface area contributed by atoms with Crippen molar-refractivity contribution in [3.8, 4) is 0 Å². The fraction of sp³-hybridized carbons (Fsp3) is 0.500. The molecule has 0 amide bonds. The molecule has 0 saturated heterocycles. The Kier molecular flexibility index (Phi) is 4.84. The van der Waals surface area contributed by atoms with Crippen LogP contribution in [0.2, 0.25) is 0 Å².